The number of rotatable bonds is 5. The first kappa shape index (κ1) is 15.1. The van der Waals surface area contributed by atoms with Crippen molar-refractivity contribution in [2.75, 3.05) is 0 Å². The second-order valence-electron chi connectivity index (χ2n) is 6.72. The van der Waals surface area contributed by atoms with Crippen LogP contribution in [0.2, 0.25) is 0 Å². The minimum Gasteiger partial charge on any atom is -0.481 e. The average molecular weight is 274 g/mol. The molecule has 0 atom stereocenters. The van der Waals surface area contributed by atoms with Crippen LogP contribution in [0.25, 0.3) is 0 Å². The summed E-state index contributed by atoms with van der Waals surface area (Å²) < 4.78 is 0. The summed E-state index contributed by atoms with van der Waals surface area (Å²) in [7, 11) is 0. The molecule has 0 bridgehead atoms. The Labute approximate surface area is 122 Å². The predicted molar refractivity (Wildman–Crippen MR) is 82.1 cm³/mol. The Hall–Kier alpha value is -1.31. The van der Waals surface area contributed by atoms with Gasteiger partial charge >= 0.3 is 5.97 Å². The zero-order valence-electron chi connectivity index (χ0n) is 13.1. The van der Waals surface area contributed by atoms with E-state index in [-0.39, 0.29) is 5.41 Å². The lowest BCUT2D eigenvalue weighted by Crippen LogP contribution is -2.54. The average Bonchev–Trinajstić information content (AvgIpc) is 2.39. The fourth-order valence-corrected chi connectivity index (χ4v) is 3.64. The molecule has 1 aliphatic rings. The van der Waals surface area contributed by atoms with E-state index in [1.807, 2.05) is 12.1 Å². The largest absolute Gasteiger partial charge is 0.481 e. The SMILES string of the molecule is CCC1(CC)CC(C(=O)O)(c2ccc(C(C)C)cc2)C1. The van der Waals surface area contributed by atoms with Crippen molar-refractivity contribution < 1.29 is 9.90 Å². The van der Waals surface area contributed by atoms with Crippen LogP contribution in [0.1, 0.15) is 70.4 Å². The number of carboxylic acid groups (broad SMARTS) is 1. The molecule has 0 heterocycles. The molecule has 1 saturated carbocycles. The van der Waals surface area contributed by atoms with E-state index >= 15 is 0 Å². The van der Waals surface area contributed by atoms with Gasteiger partial charge in [-0.05, 0) is 35.3 Å². The summed E-state index contributed by atoms with van der Waals surface area (Å²) in [5, 5.41) is 9.74. The van der Waals surface area contributed by atoms with Gasteiger partial charge in [-0.3, -0.25) is 4.79 Å². The van der Waals surface area contributed by atoms with Gasteiger partial charge in [0.2, 0.25) is 0 Å². The maximum atomic E-state index is 11.8. The van der Waals surface area contributed by atoms with Crippen molar-refractivity contribution in [1.29, 1.82) is 0 Å². The molecule has 2 nitrogen and oxygen atoms in total. The molecule has 0 radical (unpaired) electrons. The lowest BCUT2D eigenvalue weighted by molar-refractivity contribution is -0.155. The summed E-state index contributed by atoms with van der Waals surface area (Å²) in [6.45, 7) is 8.67. The number of hydrogen-bond acceptors (Lipinski definition) is 1. The van der Waals surface area contributed by atoms with Crippen LogP contribution in [0, 0.1) is 5.41 Å². The summed E-state index contributed by atoms with van der Waals surface area (Å²) in [6, 6.07) is 8.22. The molecule has 2 rings (SSSR count). The van der Waals surface area contributed by atoms with Crippen molar-refractivity contribution in [3.63, 3.8) is 0 Å². The molecule has 20 heavy (non-hydrogen) atoms. The van der Waals surface area contributed by atoms with Crippen LogP contribution in [0.5, 0.6) is 0 Å². The van der Waals surface area contributed by atoms with Gasteiger partial charge in [0.25, 0.3) is 0 Å². The van der Waals surface area contributed by atoms with E-state index in [9.17, 15) is 9.90 Å². The minimum atomic E-state index is -0.660. The van der Waals surface area contributed by atoms with Crippen LogP contribution in [-0.2, 0) is 10.2 Å². The summed E-state index contributed by atoms with van der Waals surface area (Å²) >= 11 is 0. The molecule has 0 aromatic heterocycles. The van der Waals surface area contributed by atoms with Crippen LogP contribution in [0.15, 0.2) is 24.3 Å². The molecule has 0 aliphatic heterocycles. The van der Waals surface area contributed by atoms with E-state index in [1.165, 1.54) is 5.56 Å². The van der Waals surface area contributed by atoms with Crippen LogP contribution in [0.3, 0.4) is 0 Å². The molecule has 2 heteroatoms. The molecule has 0 amide bonds. The molecule has 110 valence electrons. The van der Waals surface area contributed by atoms with Crippen molar-refractivity contribution >= 4 is 5.97 Å². The van der Waals surface area contributed by atoms with Crippen LogP contribution >= 0.6 is 0 Å². The smallest absolute Gasteiger partial charge is 0.314 e. The lowest BCUT2D eigenvalue weighted by Gasteiger charge is -2.54. The summed E-state index contributed by atoms with van der Waals surface area (Å²) in [6.07, 6.45) is 3.71. The van der Waals surface area contributed by atoms with Gasteiger partial charge in [0.15, 0.2) is 0 Å². The Morgan fingerprint density at radius 2 is 1.65 bits per heavy atom. The van der Waals surface area contributed by atoms with Gasteiger partial charge < -0.3 is 5.11 Å². The van der Waals surface area contributed by atoms with Gasteiger partial charge in [-0.2, -0.15) is 0 Å². The molecule has 0 spiro atoms. The van der Waals surface area contributed by atoms with E-state index in [2.05, 4.69) is 39.8 Å². The first-order valence-electron chi connectivity index (χ1n) is 7.73. The lowest BCUT2D eigenvalue weighted by atomic mass is 9.48. The normalized spacial score (nSPS) is 19.6. The Morgan fingerprint density at radius 1 is 1.15 bits per heavy atom. The molecule has 1 aliphatic carbocycles. The predicted octanol–water partition coefficient (Wildman–Crippen LogP) is 4.73. The molecule has 1 aromatic rings. The number of carboxylic acids is 1. The van der Waals surface area contributed by atoms with Gasteiger partial charge in [-0.1, -0.05) is 64.8 Å². The maximum absolute atomic E-state index is 11.8. The third kappa shape index (κ3) is 2.25. The second-order valence-corrected chi connectivity index (χ2v) is 6.72. The molecule has 0 unspecified atom stereocenters. The van der Waals surface area contributed by atoms with E-state index in [1.54, 1.807) is 0 Å². The monoisotopic (exact) mass is 274 g/mol. The highest BCUT2D eigenvalue weighted by Gasteiger charge is 2.58. The molecule has 1 fully saturated rings. The first-order valence-corrected chi connectivity index (χ1v) is 7.73. The fourth-order valence-electron chi connectivity index (χ4n) is 3.64. The topological polar surface area (TPSA) is 37.3 Å². The summed E-state index contributed by atoms with van der Waals surface area (Å²) in [4.78, 5) is 11.8. The number of hydrogen-bond donors (Lipinski definition) is 1. The van der Waals surface area contributed by atoms with Crippen LogP contribution in [-0.4, -0.2) is 11.1 Å². The standard InChI is InChI=1S/C18H26O2/c1-5-17(6-2)11-18(12-17,16(19)20)15-9-7-14(8-10-15)13(3)4/h7-10,13H,5-6,11-12H2,1-4H3,(H,19,20). The summed E-state index contributed by atoms with van der Waals surface area (Å²) in [5.41, 5.74) is 1.83. The van der Waals surface area contributed by atoms with Gasteiger partial charge in [-0.25, -0.2) is 0 Å². The molecule has 1 aromatic carbocycles. The molecule has 0 saturated heterocycles. The van der Waals surface area contributed by atoms with Crippen molar-refractivity contribution in [1.82, 2.24) is 0 Å². The highest BCUT2D eigenvalue weighted by Crippen LogP contribution is 2.59. The third-order valence-electron chi connectivity index (χ3n) is 5.39. The summed E-state index contributed by atoms with van der Waals surface area (Å²) in [5.74, 6) is -0.177. The Morgan fingerprint density at radius 3 is 2.00 bits per heavy atom. The van der Waals surface area contributed by atoms with Crippen molar-refractivity contribution in [3.8, 4) is 0 Å². The van der Waals surface area contributed by atoms with Crippen molar-refractivity contribution in [3.05, 3.63) is 35.4 Å². The van der Waals surface area contributed by atoms with Crippen LogP contribution < -0.4 is 0 Å². The first-order chi connectivity index (χ1) is 9.39. The molecule has 1 N–H and O–H groups in total. The third-order valence-corrected chi connectivity index (χ3v) is 5.39. The Balaban J connectivity index is 2.30. The Bertz CT molecular complexity index is 473. The van der Waals surface area contributed by atoms with E-state index in [4.69, 9.17) is 0 Å². The van der Waals surface area contributed by atoms with Crippen molar-refractivity contribution in [2.24, 2.45) is 5.41 Å². The van der Waals surface area contributed by atoms with E-state index < -0.39 is 11.4 Å². The van der Waals surface area contributed by atoms with Gasteiger partial charge in [0.05, 0.1) is 5.41 Å². The second kappa shape index (κ2) is 5.23. The highest BCUT2D eigenvalue weighted by molar-refractivity contribution is 5.83. The fraction of sp³-hybridized carbons (Fsp3) is 0.611. The molecular formula is C18H26O2. The van der Waals surface area contributed by atoms with Gasteiger partial charge in [0.1, 0.15) is 0 Å². The Kier molecular flexibility index (Phi) is 3.95. The quantitative estimate of drug-likeness (QED) is 0.842. The number of carbonyl (C=O) groups is 1. The zero-order valence-corrected chi connectivity index (χ0v) is 13.1. The number of aliphatic carboxylic acids is 1. The molecular weight excluding hydrogens is 248 g/mol. The van der Waals surface area contributed by atoms with Crippen LogP contribution in [0.4, 0.5) is 0 Å². The van der Waals surface area contributed by atoms with Gasteiger partial charge in [-0.15, -0.1) is 0 Å². The number of benzene rings is 1. The zero-order chi connectivity index (χ0) is 15.0. The highest BCUT2D eigenvalue weighted by atomic mass is 16.4. The van der Waals surface area contributed by atoms with Gasteiger partial charge in [0, 0.05) is 0 Å². The van der Waals surface area contributed by atoms with Crippen molar-refractivity contribution in [2.45, 2.75) is 64.7 Å². The van der Waals surface area contributed by atoms with E-state index in [0.717, 1.165) is 31.2 Å². The van der Waals surface area contributed by atoms with E-state index in [0.29, 0.717) is 5.92 Å². The maximum Gasteiger partial charge on any atom is 0.314 e. The minimum absolute atomic E-state index is 0.231.